The number of pyridine rings is 2. The molecule has 0 aliphatic carbocycles. The molecule has 2 rings (SSSR count). The fraction of sp³-hybridized carbons (Fsp3) is 0.154. The van der Waals surface area contributed by atoms with Crippen molar-refractivity contribution in [3.05, 3.63) is 53.7 Å². The van der Waals surface area contributed by atoms with Gasteiger partial charge in [0.2, 0.25) is 0 Å². The zero-order chi connectivity index (χ0) is 13.8. The van der Waals surface area contributed by atoms with E-state index in [0.717, 1.165) is 17.8 Å². The van der Waals surface area contributed by atoms with Gasteiger partial charge >= 0.3 is 0 Å². The van der Waals surface area contributed by atoms with Crippen LogP contribution in [0.1, 0.15) is 28.9 Å². The summed E-state index contributed by atoms with van der Waals surface area (Å²) in [5, 5.41) is 2.71. The Labute approximate surface area is 109 Å². The van der Waals surface area contributed by atoms with Crippen molar-refractivity contribution in [3.8, 4) is 0 Å². The molecule has 0 saturated carbocycles. The standard InChI is InChI=1S/C13H13FN4O/c1-8(9-3-2-4-16-6-9)18-13(19)11-5-10(14)7-17-12(11)15/h2-8H,1H3,(H2,15,17)(H,18,19). The van der Waals surface area contributed by atoms with Crippen LogP contribution in [0.2, 0.25) is 0 Å². The number of hydrogen-bond donors (Lipinski definition) is 2. The summed E-state index contributed by atoms with van der Waals surface area (Å²) < 4.78 is 13.1. The Kier molecular flexibility index (Phi) is 3.70. The number of amides is 1. The molecule has 5 nitrogen and oxygen atoms in total. The SMILES string of the molecule is CC(NC(=O)c1cc(F)cnc1N)c1cccnc1. The van der Waals surface area contributed by atoms with Crippen LogP contribution in [-0.2, 0) is 0 Å². The normalized spacial score (nSPS) is 11.9. The van der Waals surface area contributed by atoms with E-state index in [9.17, 15) is 9.18 Å². The molecule has 0 aliphatic rings. The Morgan fingerprint density at radius 1 is 1.47 bits per heavy atom. The number of rotatable bonds is 3. The van der Waals surface area contributed by atoms with Gasteiger partial charge < -0.3 is 11.1 Å². The lowest BCUT2D eigenvalue weighted by Gasteiger charge is -2.14. The number of nitrogens with two attached hydrogens (primary N) is 1. The zero-order valence-corrected chi connectivity index (χ0v) is 10.3. The molecule has 19 heavy (non-hydrogen) atoms. The molecule has 0 bridgehead atoms. The molecule has 1 amide bonds. The monoisotopic (exact) mass is 260 g/mol. The van der Waals surface area contributed by atoms with E-state index >= 15 is 0 Å². The van der Waals surface area contributed by atoms with Crippen LogP contribution in [0.25, 0.3) is 0 Å². The van der Waals surface area contributed by atoms with Crippen LogP contribution in [-0.4, -0.2) is 15.9 Å². The summed E-state index contributed by atoms with van der Waals surface area (Å²) in [6.07, 6.45) is 4.27. The minimum absolute atomic E-state index is 0.00251. The zero-order valence-electron chi connectivity index (χ0n) is 10.3. The number of carbonyl (C=O) groups excluding carboxylic acids is 1. The first kappa shape index (κ1) is 12.9. The number of anilines is 1. The summed E-state index contributed by atoms with van der Waals surface area (Å²) >= 11 is 0. The number of nitrogens with one attached hydrogen (secondary N) is 1. The molecule has 0 aromatic carbocycles. The molecular formula is C13H13FN4O. The van der Waals surface area contributed by atoms with Crippen molar-refractivity contribution >= 4 is 11.7 Å². The van der Waals surface area contributed by atoms with Crippen LogP contribution < -0.4 is 11.1 Å². The number of nitrogens with zero attached hydrogens (tertiary/aromatic N) is 2. The topological polar surface area (TPSA) is 80.9 Å². The minimum atomic E-state index is -0.603. The van der Waals surface area contributed by atoms with Crippen molar-refractivity contribution in [1.82, 2.24) is 15.3 Å². The molecule has 0 radical (unpaired) electrons. The summed E-state index contributed by atoms with van der Waals surface area (Å²) in [4.78, 5) is 19.6. The van der Waals surface area contributed by atoms with E-state index in [4.69, 9.17) is 5.73 Å². The van der Waals surface area contributed by atoms with E-state index < -0.39 is 11.7 Å². The third kappa shape index (κ3) is 3.04. The van der Waals surface area contributed by atoms with Crippen LogP contribution in [0.4, 0.5) is 10.2 Å². The average molecular weight is 260 g/mol. The highest BCUT2D eigenvalue weighted by Crippen LogP contribution is 2.14. The number of carbonyl (C=O) groups is 1. The molecule has 2 aromatic heterocycles. The maximum atomic E-state index is 13.1. The van der Waals surface area contributed by atoms with Gasteiger partial charge in [0.15, 0.2) is 0 Å². The lowest BCUT2D eigenvalue weighted by atomic mass is 10.1. The number of hydrogen-bond acceptors (Lipinski definition) is 4. The Bertz CT molecular complexity index is 588. The van der Waals surface area contributed by atoms with Gasteiger partial charge in [0.05, 0.1) is 17.8 Å². The Morgan fingerprint density at radius 2 is 2.26 bits per heavy atom. The van der Waals surface area contributed by atoms with Crippen LogP contribution in [0.15, 0.2) is 36.8 Å². The lowest BCUT2D eigenvalue weighted by Crippen LogP contribution is -2.27. The second kappa shape index (κ2) is 5.43. The van der Waals surface area contributed by atoms with E-state index in [0.29, 0.717) is 0 Å². The van der Waals surface area contributed by atoms with Gasteiger partial charge in [0, 0.05) is 12.4 Å². The van der Waals surface area contributed by atoms with Crippen molar-refractivity contribution in [2.24, 2.45) is 0 Å². The van der Waals surface area contributed by atoms with Gasteiger partial charge in [-0.1, -0.05) is 6.07 Å². The summed E-state index contributed by atoms with van der Waals surface area (Å²) in [7, 11) is 0. The lowest BCUT2D eigenvalue weighted by molar-refractivity contribution is 0.0940. The highest BCUT2D eigenvalue weighted by molar-refractivity contribution is 5.98. The summed E-state index contributed by atoms with van der Waals surface area (Å²) in [5.74, 6) is -1.08. The highest BCUT2D eigenvalue weighted by atomic mass is 19.1. The molecule has 98 valence electrons. The first-order chi connectivity index (χ1) is 9.08. The Morgan fingerprint density at radius 3 is 2.95 bits per heavy atom. The second-order valence-corrected chi connectivity index (χ2v) is 4.07. The minimum Gasteiger partial charge on any atom is -0.383 e. The quantitative estimate of drug-likeness (QED) is 0.880. The van der Waals surface area contributed by atoms with Gasteiger partial charge in [-0.2, -0.15) is 0 Å². The van der Waals surface area contributed by atoms with Gasteiger partial charge in [-0.25, -0.2) is 9.37 Å². The number of halogens is 1. The maximum Gasteiger partial charge on any atom is 0.255 e. The average Bonchev–Trinajstić information content (AvgIpc) is 2.42. The number of aromatic nitrogens is 2. The molecule has 2 heterocycles. The molecule has 0 spiro atoms. The van der Waals surface area contributed by atoms with E-state index in [-0.39, 0.29) is 17.4 Å². The molecule has 0 fully saturated rings. The highest BCUT2D eigenvalue weighted by Gasteiger charge is 2.15. The van der Waals surface area contributed by atoms with E-state index in [1.807, 2.05) is 6.07 Å². The molecule has 1 atom stereocenters. The van der Waals surface area contributed by atoms with Gasteiger partial charge in [-0.05, 0) is 24.6 Å². The van der Waals surface area contributed by atoms with Crippen molar-refractivity contribution < 1.29 is 9.18 Å². The summed E-state index contributed by atoms with van der Waals surface area (Å²) in [6, 6.07) is 4.42. The molecule has 0 aliphatic heterocycles. The summed E-state index contributed by atoms with van der Waals surface area (Å²) in [5.41, 5.74) is 6.42. The molecule has 2 aromatic rings. The number of nitrogen functional groups attached to an aromatic ring is 1. The van der Waals surface area contributed by atoms with Crippen molar-refractivity contribution in [3.63, 3.8) is 0 Å². The van der Waals surface area contributed by atoms with Crippen LogP contribution >= 0.6 is 0 Å². The van der Waals surface area contributed by atoms with Gasteiger partial charge in [-0.15, -0.1) is 0 Å². The van der Waals surface area contributed by atoms with E-state index in [1.54, 1.807) is 25.4 Å². The predicted molar refractivity (Wildman–Crippen MR) is 68.7 cm³/mol. The largest absolute Gasteiger partial charge is 0.383 e. The van der Waals surface area contributed by atoms with Gasteiger partial charge in [-0.3, -0.25) is 9.78 Å². The Balaban J connectivity index is 2.15. The molecule has 0 saturated heterocycles. The fourth-order valence-electron chi connectivity index (χ4n) is 1.62. The third-order valence-corrected chi connectivity index (χ3v) is 2.66. The third-order valence-electron chi connectivity index (χ3n) is 2.66. The summed E-state index contributed by atoms with van der Waals surface area (Å²) in [6.45, 7) is 1.80. The molecule has 1 unspecified atom stereocenters. The van der Waals surface area contributed by atoms with E-state index in [1.165, 1.54) is 0 Å². The maximum absolute atomic E-state index is 13.1. The van der Waals surface area contributed by atoms with Crippen LogP contribution in [0.3, 0.4) is 0 Å². The van der Waals surface area contributed by atoms with Crippen molar-refractivity contribution in [2.75, 3.05) is 5.73 Å². The van der Waals surface area contributed by atoms with Crippen LogP contribution in [0, 0.1) is 5.82 Å². The molecule has 6 heteroatoms. The first-order valence-electron chi connectivity index (χ1n) is 5.69. The smallest absolute Gasteiger partial charge is 0.255 e. The van der Waals surface area contributed by atoms with Crippen molar-refractivity contribution in [1.29, 1.82) is 0 Å². The molecule has 3 N–H and O–H groups in total. The Hall–Kier alpha value is -2.50. The second-order valence-electron chi connectivity index (χ2n) is 4.07. The fourth-order valence-corrected chi connectivity index (χ4v) is 1.62. The molecular weight excluding hydrogens is 247 g/mol. The predicted octanol–water partition coefficient (Wildman–Crippen LogP) is 1.69. The first-order valence-corrected chi connectivity index (χ1v) is 5.69. The van der Waals surface area contributed by atoms with Gasteiger partial charge in [0.1, 0.15) is 11.6 Å². The van der Waals surface area contributed by atoms with Crippen molar-refractivity contribution in [2.45, 2.75) is 13.0 Å². The van der Waals surface area contributed by atoms with Gasteiger partial charge in [0.25, 0.3) is 5.91 Å². The van der Waals surface area contributed by atoms with E-state index in [2.05, 4.69) is 15.3 Å². The van der Waals surface area contributed by atoms with Crippen LogP contribution in [0.5, 0.6) is 0 Å².